The lowest BCUT2D eigenvalue weighted by Crippen LogP contribution is -2.37. The predicted molar refractivity (Wildman–Crippen MR) is 221 cm³/mol. The summed E-state index contributed by atoms with van der Waals surface area (Å²) in [6, 6.07) is 20.2. The van der Waals surface area contributed by atoms with Gasteiger partial charge >= 0.3 is 0 Å². The summed E-state index contributed by atoms with van der Waals surface area (Å²) < 4.78 is 14.0. The first-order valence-electron chi connectivity index (χ1n) is 18.0. The van der Waals surface area contributed by atoms with E-state index in [0.717, 1.165) is 26.3 Å². The third kappa shape index (κ3) is 8.55. The van der Waals surface area contributed by atoms with Gasteiger partial charge in [0, 0.05) is 65.6 Å². The maximum atomic E-state index is 13.7. The molecule has 2 aliphatic rings. The zero-order valence-electron chi connectivity index (χ0n) is 31.0. The number of hydrogen-bond donors (Lipinski definition) is 4. The Kier molecular flexibility index (Phi) is 10.7. The highest BCUT2D eigenvalue weighted by Crippen LogP contribution is 2.41. The molecule has 0 fully saturated rings. The van der Waals surface area contributed by atoms with Crippen molar-refractivity contribution in [1.82, 2.24) is 4.57 Å². The molecule has 4 heterocycles. The van der Waals surface area contributed by atoms with E-state index in [-0.39, 0.29) is 47.4 Å². The lowest BCUT2D eigenvalue weighted by Gasteiger charge is -2.22. The number of carbonyl (C=O) groups excluding carboxylic acids is 4. The molecule has 0 aliphatic carbocycles. The summed E-state index contributed by atoms with van der Waals surface area (Å²) in [5, 5.41) is 10.4. The fraction of sp³-hybridized carbons (Fsp3) is 0.293. The molecule has 5 aromatic rings. The Hall–Kier alpha value is -5.60. The molecule has 2 aromatic heterocycles. The highest BCUT2D eigenvalue weighted by Gasteiger charge is 2.36. The van der Waals surface area contributed by atoms with Gasteiger partial charge in [-0.3, -0.25) is 29.1 Å². The van der Waals surface area contributed by atoms with Gasteiger partial charge in [0.2, 0.25) is 11.8 Å². The van der Waals surface area contributed by atoms with Crippen LogP contribution in [0, 0.1) is 0 Å². The minimum Gasteiger partial charge on any atom is -0.493 e. The van der Waals surface area contributed by atoms with Gasteiger partial charge in [-0.2, -0.15) is 12.6 Å². The molecule has 0 saturated heterocycles. The highest BCUT2D eigenvalue weighted by molar-refractivity contribution is 7.81. The molecular formula is C41H42N6O6S2. The third-order valence-electron chi connectivity index (χ3n) is 9.46. The molecule has 0 spiro atoms. The Morgan fingerprint density at radius 3 is 2.56 bits per heavy atom. The molecule has 7 rings (SSSR count). The number of rotatable bonds is 13. The lowest BCUT2D eigenvalue weighted by atomic mass is 10.1. The van der Waals surface area contributed by atoms with Crippen LogP contribution in [0.1, 0.15) is 65.9 Å². The zero-order chi connectivity index (χ0) is 38.9. The van der Waals surface area contributed by atoms with Gasteiger partial charge in [-0.05, 0) is 66.3 Å². The van der Waals surface area contributed by atoms with Crippen LogP contribution in [-0.2, 0) is 23.1 Å². The molecule has 284 valence electrons. The van der Waals surface area contributed by atoms with Crippen molar-refractivity contribution in [1.29, 1.82) is 0 Å². The van der Waals surface area contributed by atoms with Crippen LogP contribution in [0.15, 0.2) is 77.9 Å². The van der Waals surface area contributed by atoms with Crippen molar-refractivity contribution in [2.24, 2.45) is 12.0 Å². The number of carbonyl (C=O) groups is 4. The molecule has 4 amide bonds. The van der Waals surface area contributed by atoms with Gasteiger partial charge in [-0.15, -0.1) is 11.3 Å². The third-order valence-corrected chi connectivity index (χ3v) is 10.7. The van der Waals surface area contributed by atoms with Crippen molar-refractivity contribution in [2.45, 2.75) is 56.7 Å². The van der Waals surface area contributed by atoms with Crippen LogP contribution in [0.4, 0.5) is 27.8 Å². The lowest BCUT2D eigenvalue weighted by molar-refractivity contribution is -0.117. The summed E-state index contributed by atoms with van der Waals surface area (Å²) in [4.78, 5) is 58.6. The number of aromatic nitrogens is 1. The number of para-hydroxylation sites is 1. The molecule has 0 unspecified atom stereocenters. The summed E-state index contributed by atoms with van der Waals surface area (Å²) in [6.45, 7) is 4.18. The largest absolute Gasteiger partial charge is 0.493 e. The minimum atomic E-state index is -0.333. The van der Waals surface area contributed by atoms with Crippen LogP contribution in [0.3, 0.4) is 0 Å². The van der Waals surface area contributed by atoms with Crippen molar-refractivity contribution < 1.29 is 28.7 Å². The second-order valence-corrected chi connectivity index (χ2v) is 16.6. The molecule has 0 saturated carbocycles. The molecule has 14 heteroatoms. The number of fused-ring (bicyclic) bond motifs is 5. The van der Waals surface area contributed by atoms with E-state index >= 15 is 0 Å². The van der Waals surface area contributed by atoms with Gasteiger partial charge < -0.3 is 30.0 Å². The number of thiophene rings is 1. The van der Waals surface area contributed by atoms with Crippen LogP contribution in [0.5, 0.6) is 11.5 Å². The van der Waals surface area contributed by atoms with E-state index in [1.807, 2.05) is 62.4 Å². The summed E-state index contributed by atoms with van der Waals surface area (Å²) >= 11 is 5.96. The molecular weight excluding hydrogens is 737 g/mol. The van der Waals surface area contributed by atoms with Gasteiger partial charge in [-0.25, -0.2) is 0 Å². The summed E-state index contributed by atoms with van der Waals surface area (Å²) in [5.41, 5.74) is 4.39. The summed E-state index contributed by atoms with van der Waals surface area (Å²) in [6.07, 6.45) is 5.81. The fourth-order valence-electron chi connectivity index (χ4n) is 6.68. The molecule has 2 aliphatic heterocycles. The quantitative estimate of drug-likeness (QED) is 0.0705. The Labute approximate surface area is 328 Å². The van der Waals surface area contributed by atoms with Crippen LogP contribution >= 0.6 is 24.0 Å². The van der Waals surface area contributed by atoms with Crippen molar-refractivity contribution >= 4 is 91.6 Å². The fourth-order valence-corrected chi connectivity index (χ4v) is 7.75. The van der Waals surface area contributed by atoms with Gasteiger partial charge in [0.1, 0.15) is 5.69 Å². The summed E-state index contributed by atoms with van der Waals surface area (Å²) in [7, 11) is 3.25. The number of nitrogens with zero attached hydrogens (tertiary/aromatic N) is 3. The smallest absolute Gasteiger partial charge is 0.272 e. The number of nitrogens with one attached hydrogen (secondary N) is 3. The van der Waals surface area contributed by atoms with Crippen molar-refractivity contribution in [3.05, 3.63) is 89.7 Å². The number of thiol groups is 1. The zero-order valence-corrected chi connectivity index (χ0v) is 32.7. The van der Waals surface area contributed by atoms with Crippen LogP contribution in [-0.4, -0.2) is 58.9 Å². The minimum absolute atomic E-state index is 0.0637. The molecule has 3 N–H and O–H groups in total. The second-order valence-electron chi connectivity index (χ2n) is 14.3. The second kappa shape index (κ2) is 15.6. The molecule has 1 atom stereocenters. The molecule has 55 heavy (non-hydrogen) atoms. The average molecular weight is 779 g/mol. The molecule has 3 aromatic carbocycles. The average Bonchev–Trinajstić information content (AvgIpc) is 3.82. The number of anilines is 4. The Balaban J connectivity index is 0.909. The maximum absolute atomic E-state index is 13.7. The number of benzene rings is 3. The van der Waals surface area contributed by atoms with E-state index in [0.29, 0.717) is 65.5 Å². The van der Waals surface area contributed by atoms with Crippen LogP contribution < -0.4 is 30.3 Å². The molecule has 12 nitrogen and oxygen atoms in total. The normalized spacial score (nSPS) is 14.5. The maximum Gasteiger partial charge on any atom is 0.272 e. The van der Waals surface area contributed by atoms with Crippen molar-refractivity contribution in [3.8, 4) is 11.5 Å². The highest BCUT2D eigenvalue weighted by atomic mass is 32.1. The van der Waals surface area contributed by atoms with Gasteiger partial charge in [0.05, 0.1) is 41.7 Å². The van der Waals surface area contributed by atoms with E-state index < -0.39 is 0 Å². The SMILES string of the molecule is COc1cc2c(cc1OCCCC(=O)Nc1cc(C(=O)Nc3ccc4sc(NC(=O)CCC(C)(C)S)cc4c3)n(C)c1)N=C[C@@H]1Cc3ccccc3N1C2=O. The summed E-state index contributed by atoms with van der Waals surface area (Å²) in [5.74, 6) is 0.0628. The van der Waals surface area contributed by atoms with Gasteiger partial charge in [0.15, 0.2) is 11.5 Å². The number of aryl methyl sites for hydroxylation is 1. The van der Waals surface area contributed by atoms with E-state index in [1.165, 1.54) is 18.4 Å². The Bertz CT molecular complexity index is 2340. The number of methoxy groups -OCH3 is 1. The Morgan fingerprint density at radius 1 is 0.964 bits per heavy atom. The molecule has 0 bridgehead atoms. The van der Waals surface area contributed by atoms with E-state index in [9.17, 15) is 19.2 Å². The first-order valence-corrected chi connectivity index (χ1v) is 19.3. The standard InChI is InChI=1S/C41H42N6O6S2/c1-41(2,54)14-13-37(49)45-38-18-25-16-26(11-12-35(25)55-38)44-39(50)32-19-27(23-46(32)3)43-36(48)10-7-15-53-34-21-30-29(20-33(34)52-4)40(51)47-28(22-42-30)17-24-8-5-6-9-31(24)47/h5-6,8-9,11-12,16,18-23,28,54H,7,10,13-15,17H2,1-4H3,(H,43,48)(H,44,50)(H,45,49)/t28-/m0/s1. The molecule has 0 radical (unpaired) electrons. The van der Waals surface area contributed by atoms with Crippen molar-refractivity contribution in [3.63, 3.8) is 0 Å². The van der Waals surface area contributed by atoms with Gasteiger partial charge in [0.25, 0.3) is 11.8 Å². The first kappa shape index (κ1) is 37.7. The van der Waals surface area contributed by atoms with E-state index in [4.69, 9.17) is 9.47 Å². The predicted octanol–water partition coefficient (Wildman–Crippen LogP) is 8.01. The monoisotopic (exact) mass is 778 g/mol. The number of aliphatic imine (C=N–C) groups is 1. The topological polar surface area (TPSA) is 143 Å². The Morgan fingerprint density at radius 2 is 1.76 bits per heavy atom. The number of hydrogen-bond acceptors (Lipinski definition) is 9. The number of amides is 4. The van der Waals surface area contributed by atoms with E-state index in [1.54, 1.807) is 47.1 Å². The van der Waals surface area contributed by atoms with Crippen molar-refractivity contribution in [2.75, 3.05) is 34.6 Å². The van der Waals surface area contributed by atoms with Gasteiger partial charge in [-0.1, -0.05) is 32.0 Å². The van der Waals surface area contributed by atoms with Crippen LogP contribution in [0.2, 0.25) is 0 Å². The first-order chi connectivity index (χ1) is 26.3. The number of ether oxygens (including phenoxy) is 2. The van der Waals surface area contributed by atoms with Crippen LogP contribution in [0.25, 0.3) is 10.1 Å². The van der Waals surface area contributed by atoms with E-state index in [2.05, 4.69) is 33.6 Å².